The number of ether oxygens (including phenoxy) is 1. The number of nitrogens with zero attached hydrogens (tertiary/aromatic N) is 2. The van der Waals surface area contributed by atoms with Crippen LogP contribution in [0.15, 0.2) is 30.5 Å². The predicted molar refractivity (Wildman–Crippen MR) is 101 cm³/mol. The van der Waals surface area contributed by atoms with Crippen LogP contribution in [0.3, 0.4) is 0 Å². The highest BCUT2D eigenvalue weighted by atomic mass is 16.5. The molecule has 1 aliphatic rings. The summed E-state index contributed by atoms with van der Waals surface area (Å²) in [5.74, 6) is 2.21. The van der Waals surface area contributed by atoms with Crippen LogP contribution in [0.1, 0.15) is 18.4 Å². The summed E-state index contributed by atoms with van der Waals surface area (Å²) >= 11 is 0. The molecule has 0 aliphatic carbocycles. The first-order valence-corrected chi connectivity index (χ1v) is 8.67. The van der Waals surface area contributed by atoms with Gasteiger partial charge in [0.05, 0.1) is 7.11 Å². The smallest absolute Gasteiger partial charge is 0.229 e. The van der Waals surface area contributed by atoms with Crippen LogP contribution < -0.4 is 26.0 Å². The molecule has 0 amide bonds. The Labute approximate surface area is 148 Å². The van der Waals surface area contributed by atoms with Crippen molar-refractivity contribution >= 4 is 17.5 Å². The molecule has 0 bridgehead atoms. The summed E-state index contributed by atoms with van der Waals surface area (Å²) in [4.78, 5) is 8.64. The number of nitrogens with one attached hydrogen (secondary N) is 4. The van der Waals surface area contributed by atoms with E-state index in [1.807, 2.05) is 25.2 Å². The number of hydrogen-bond acceptors (Lipinski definition) is 7. The quantitative estimate of drug-likeness (QED) is 0.585. The first-order valence-electron chi connectivity index (χ1n) is 8.67. The van der Waals surface area contributed by atoms with Crippen molar-refractivity contribution in [2.24, 2.45) is 0 Å². The van der Waals surface area contributed by atoms with Gasteiger partial charge in [-0.2, -0.15) is 4.98 Å². The van der Waals surface area contributed by atoms with E-state index in [-0.39, 0.29) is 0 Å². The van der Waals surface area contributed by atoms with E-state index in [2.05, 4.69) is 37.3 Å². The second-order valence-corrected chi connectivity index (χ2v) is 6.09. The zero-order valence-electron chi connectivity index (χ0n) is 14.8. The summed E-state index contributed by atoms with van der Waals surface area (Å²) in [7, 11) is 3.53. The van der Waals surface area contributed by atoms with E-state index in [0.717, 1.165) is 42.5 Å². The van der Waals surface area contributed by atoms with Crippen LogP contribution >= 0.6 is 0 Å². The fourth-order valence-electron chi connectivity index (χ4n) is 2.99. The van der Waals surface area contributed by atoms with Gasteiger partial charge in [0.25, 0.3) is 0 Å². The van der Waals surface area contributed by atoms with E-state index >= 15 is 0 Å². The lowest BCUT2D eigenvalue weighted by Crippen LogP contribution is -2.33. The molecule has 7 heteroatoms. The maximum Gasteiger partial charge on any atom is 0.229 e. The molecule has 1 aromatic carbocycles. The zero-order valence-corrected chi connectivity index (χ0v) is 14.8. The maximum absolute atomic E-state index is 5.48. The molecule has 2 heterocycles. The van der Waals surface area contributed by atoms with Crippen LogP contribution in [0.25, 0.3) is 0 Å². The molecule has 134 valence electrons. The molecule has 1 aliphatic heterocycles. The molecule has 1 fully saturated rings. The Hall–Kier alpha value is -2.38. The van der Waals surface area contributed by atoms with Crippen molar-refractivity contribution in [1.82, 2.24) is 20.6 Å². The summed E-state index contributed by atoms with van der Waals surface area (Å²) in [6.07, 6.45) is 4.23. The number of rotatable bonds is 8. The lowest BCUT2D eigenvalue weighted by Gasteiger charge is -2.15. The third kappa shape index (κ3) is 4.80. The average molecular weight is 342 g/mol. The number of hydrogen-bond donors (Lipinski definition) is 4. The molecule has 4 N–H and O–H groups in total. The third-order valence-corrected chi connectivity index (χ3v) is 4.32. The van der Waals surface area contributed by atoms with E-state index in [4.69, 9.17) is 4.74 Å². The number of methoxy groups -OCH3 is 1. The molecular formula is C18H26N6O. The van der Waals surface area contributed by atoms with Gasteiger partial charge in [0.15, 0.2) is 0 Å². The van der Waals surface area contributed by atoms with Crippen molar-refractivity contribution in [1.29, 1.82) is 0 Å². The topological polar surface area (TPSA) is 83.1 Å². The van der Waals surface area contributed by atoms with Crippen LogP contribution in [0.5, 0.6) is 5.75 Å². The van der Waals surface area contributed by atoms with Crippen molar-refractivity contribution < 1.29 is 4.74 Å². The third-order valence-electron chi connectivity index (χ3n) is 4.32. The minimum absolute atomic E-state index is 0.561. The highest BCUT2D eigenvalue weighted by molar-refractivity contribution is 5.58. The van der Waals surface area contributed by atoms with Crippen molar-refractivity contribution in [3.63, 3.8) is 0 Å². The highest BCUT2D eigenvalue weighted by Crippen LogP contribution is 2.24. The van der Waals surface area contributed by atoms with Gasteiger partial charge in [-0.3, -0.25) is 0 Å². The van der Waals surface area contributed by atoms with Crippen LogP contribution in [-0.2, 0) is 6.54 Å². The van der Waals surface area contributed by atoms with E-state index in [1.54, 1.807) is 13.3 Å². The van der Waals surface area contributed by atoms with Gasteiger partial charge in [-0.25, -0.2) is 4.98 Å². The first-order chi connectivity index (χ1) is 12.3. The Kier molecular flexibility index (Phi) is 6.03. The Morgan fingerprint density at radius 2 is 2.24 bits per heavy atom. The monoisotopic (exact) mass is 342 g/mol. The number of anilines is 3. The molecule has 1 atom stereocenters. The normalized spacial score (nSPS) is 16.6. The van der Waals surface area contributed by atoms with Crippen molar-refractivity contribution in [2.45, 2.75) is 25.4 Å². The Morgan fingerprint density at radius 3 is 3.00 bits per heavy atom. The van der Waals surface area contributed by atoms with E-state index < -0.39 is 0 Å². The van der Waals surface area contributed by atoms with Gasteiger partial charge in [-0.1, -0.05) is 0 Å². The van der Waals surface area contributed by atoms with Gasteiger partial charge in [0.2, 0.25) is 5.95 Å². The van der Waals surface area contributed by atoms with Crippen molar-refractivity contribution in [2.75, 3.05) is 37.9 Å². The minimum atomic E-state index is 0.561. The van der Waals surface area contributed by atoms with Gasteiger partial charge in [0, 0.05) is 43.6 Å². The molecule has 0 spiro atoms. The van der Waals surface area contributed by atoms with Crippen LogP contribution in [0, 0.1) is 0 Å². The highest BCUT2D eigenvalue weighted by Gasteiger charge is 2.13. The van der Waals surface area contributed by atoms with Crippen molar-refractivity contribution in [3.8, 4) is 5.75 Å². The lowest BCUT2D eigenvalue weighted by molar-refractivity contribution is 0.407. The van der Waals surface area contributed by atoms with Crippen LogP contribution in [0.2, 0.25) is 0 Å². The molecule has 1 aromatic heterocycles. The van der Waals surface area contributed by atoms with Gasteiger partial charge in [0.1, 0.15) is 11.6 Å². The molecule has 2 aromatic rings. The molecule has 25 heavy (non-hydrogen) atoms. The van der Waals surface area contributed by atoms with E-state index in [9.17, 15) is 0 Å². The molecule has 0 unspecified atom stereocenters. The average Bonchev–Trinajstić information content (AvgIpc) is 3.16. The second kappa shape index (κ2) is 8.64. The maximum atomic E-state index is 5.48. The minimum Gasteiger partial charge on any atom is -0.496 e. The summed E-state index contributed by atoms with van der Waals surface area (Å²) in [5.41, 5.74) is 2.04. The predicted octanol–water partition coefficient (Wildman–Crippen LogP) is 2.11. The van der Waals surface area contributed by atoms with Crippen molar-refractivity contribution in [3.05, 3.63) is 36.0 Å². The summed E-state index contributed by atoms with van der Waals surface area (Å²) in [5, 5.41) is 13.3. The zero-order chi connectivity index (χ0) is 17.5. The number of aromatic nitrogens is 2. The largest absolute Gasteiger partial charge is 0.496 e. The van der Waals surface area contributed by atoms with Crippen LogP contribution in [0.4, 0.5) is 17.5 Å². The standard InChI is InChI=1S/C18H26N6O/c1-19-17-7-9-22-18(24-17)23-14-5-6-16(25-2)13(10-14)11-20-12-15-4-3-8-21-15/h5-7,9-10,15,20-21H,3-4,8,11-12H2,1-2H3,(H2,19,22,23,24)/t15-/m0/s1. The lowest BCUT2D eigenvalue weighted by atomic mass is 10.1. The first kappa shape index (κ1) is 17.4. The molecule has 7 nitrogen and oxygen atoms in total. The van der Waals surface area contributed by atoms with Gasteiger partial charge < -0.3 is 26.0 Å². The fourth-order valence-corrected chi connectivity index (χ4v) is 2.99. The van der Waals surface area contributed by atoms with E-state index in [0.29, 0.717) is 12.0 Å². The Balaban J connectivity index is 1.65. The SMILES string of the molecule is CNc1ccnc(Nc2ccc(OC)c(CNC[C@@H]3CCCN3)c2)n1. The van der Waals surface area contributed by atoms with Gasteiger partial charge in [-0.15, -0.1) is 0 Å². The molecule has 0 saturated carbocycles. The Morgan fingerprint density at radius 1 is 1.32 bits per heavy atom. The summed E-state index contributed by atoms with van der Waals surface area (Å²) in [6, 6.07) is 8.41. The Bertz CT molecular complexity index is 687. The van der Waals surface area contributed by atoms with Gasteiger partial charge >= 0.3 is 0 Å². The number of benzene rings is 1. The second-order valence-electron chi connectivity index (χ2n) is 6.09. The molecule has 3 rings (SSSR count). The molecular weight excluding hydrogens is 316 g/mol. The van der Waals surface area contributed by atoms with E-state index in [1.165, 1.54) is 12.8 Å². The van der Waals surface area contributed by atoms with Crippen LogP contribution in [-0.4, -0.2) is 43.3 Å². The fraction of sp³-hybridized carbons (Fsp3) is 0.444. The molecule has 1 saturated heterocycles. The van der Waals surface area contributed by atoms with Gasteiger partial charge in [-0.05, 0) is 43.7 Å². The summed E-state index contributed by atoms with van der Waals surface area (Å²) in [6.45, 7) is 2.85. The molecule has 0 radical (unpaired) electrons. The summed E-state index contributed by atoms with van der Waals surface area (Å²) < 4.78 is 5.48.